The minimum absolute atomic E-state index is 0. The Bertz CT molecular complexity index is 696. The molecule has 0 aliphatic carbocycles. The topological polar surface area (TPSA) is 122 Å². The monoisotopic (exact) mass is 324 g/mol. The molecule has 3 heterocycles. The van der Waals surface area contributed by atoms with Gasteiger partial charge in [0.1, 0.15) is 10.1 Å². The van der Waals surface area contributed by atoms with E-state index in [2.05, 4.69) is 10.3 Å². The molecule has 1 aromatic rings. The molecule has 0 radical (unpaired) electrons. The Morgan fingerprint density at radius 3 is 2.76 bits per heavy atom. The quantitative estimate of drug-likeness (QED) is 0.440. The number of sulfone groups is 1. The van der Waals surface area contributed by atoms with Gasteiger partial charge in [-0.15, -0.1) is 5.10 Å². The van der Waals surface area contributed by atoms with Gasteiger partial charge in [-0.1, -0.05) is 5.21 Å². The number of carbonyl (C=O) groups is 2. The average molecular weight is 324 g/mol. The van der Waals surface area contributed by atoms with Gasteiger partial charge in [-0.2, -0.15) is 0 Å². The van der Waals surface area contributed by atoms with Crippen LogP contribution in [0, 0.1) is 0 Å². The zero-order valence-corrected chi connectivity index (χ0v) is 14.3. The molecule has 0 unspecified atom stereocenters. The number of carbonyl (C=O) groups excluding carboxylic acids is 1. The van der Waals surface area contributed by atoms with Gasteiger partial charge < -0.3 is 11.4 Å². The van der Waals surface area contributed by atoms with Crippen LogP contribution in [0.3, 0.4) is 0 Å². The van der Waals surface area contributed by atoms with Crippen LogP contribution in [0.25, 0.3) is 0 Å². The fourth-order valence-electron chi connectivity index (χ4n) is 2.93. The maximum absolute atomic E-state index is 12.5. The maximum atomic E-state index is 12.5. The molecular formula is C10H13N4NaO5S. The maximum Gasteiger partial charge on any atom is 1.00 e. The van der Waals surface area contributed by atoms with Crippen LogP contribution in [0.15, 0.2) is 12.4 Å². The van der Waals surface area contributed by atoms with Gasteiger partial charge in [-0.05, 0) is 6.92 Å². The first-order valence-electron chi connectivity index (χ1n) is 5.90. The number of amides is 1. The molecule has 2 fully saturated rings. The number of carboxylic acids is 1. The largest absolute Gasteiger partial charge is 1.00 e. The van der Waals surface area contributed by atoms with Gasteiger partial charge >= 0.3 is 35.5 Å². The van der Waals surface area contributed by atoms with Crippen LogP contribution in [0.5, 0.6) is 0 Å². The predicted molar refractivity (Wildman–Crippen MR) is 65.1 cm³/mol. The Hall–Kier alpha value is -0.970. The van der Waals surface area contributed by atoms with E-state index < -0.39 is 37.9 Å². The van der Waals surface area contributed by atoms with Crippen molar-refractivity contribution in [3.05, 3.63) is 12.4 Å². The number of fused-ring (bicyclic) bond motifs is 1. The van der Waals surface area contributed by atoms with Crippen LogP contribution in [-0.4, -0.2) is 61.5 Å². The first kappa shape index (κ1) is 16.4. The molecule has 0 aromatic carbocycles. The molecule has 2 aliphatic heterocycles. The molecule has 1 N–H and O–H groups in total. The molecule has 1 aromatic heterocycles. The van der Waals surface area contributed by atoms with E-state index in [0.29, 0.717) is 0 Å². The first-order chi connectivity index (χ1) is 9.29. The van der Waals surface area contributed by atoms with E-state index in [1.54, 1.807) is 0 Å². The summed E-state index contributed by atoms with van der Waals surface area (Å²) in [5.74, 6) is -1.78. The number of β-lactam (4-membered cyclic amide) rings is 1. The molecule has 21 heavy (non-hydrogen) atoms. The van der Waals surface area contributed by atoms with E-state index in [4.69, 9.17) is 0 Å². The number of nitrogens with zero attached hydrogens (tertiary/aromatic N) is 4. The molecule has 11 heteroatoms. The van der Waals surface area contributed by atoms with Gasteiger partial charge in [0.2, 0.25) is 5.91 Å². The van der Waals surface area contributed by atoms with E-state index in [0.717, 1.165) is 4.90 Å². The number of hydrogen-bond donors (Lipinski definition) is 1. The van der Waals surface area contributed by atoms with Gasteiger partial charge in [0, 0.05) is 6.20 Å². The van der Waals surface area contributed by atoms with E-state index in [-0.39, 0.29) is 43.9 Å². The molecule has 2 aliphatic rings. The van der Waals surface area contributed by atoms with E-state index in [9.17, 15) is 23.1 Å². The second-order valence-electron chi connectivity index (χ2n) is 5.16. The molecule has 0 saturated carbocycles. The Morgan fingerprint density at radius 2 is 2.29 bits per heavy atom. The minimum Gasteiger partial charge on any atom is -1.00 e. The van der Waals surface area contributed by atoms with Crippen LogP contribution in [0.4, 0.5) is 0 Å². The van der Waals surface area contributed by atoms with Crippen LogP contribution in [0.2, 0.25) is 0 Å². The normalized spacial score (nSPS) is 33.0. The van der Waals surface area contributed by atoms with E-state index in [1.165, 1.54) is 24.0 Å². The van der Waals surface area contributed by atoms with Gasteiger partial charge in [0.25, 0.3) is 0 Å². The third-order valence-electron chi connectivity index (χ3n) is 3.99. The zero-order valence-electron chi connectivity index (χ0n) is 12.5. The second-order valence-corrected chi connectivity index (χ2v) is 7.73. The van der Waals surface area contributed by atoms with Crippen molar-refractivity contribution in [2.75, 3.05) is 0 Å². The van der Waals surface area contributed by atoms with Crippen molar-refractivity contribution in [1.82, 2.24) is 19.9 Å². The number of rotatable bonds is 3. The van der Waals surface area contributed by atoms with Crippen molar-refractivity contribution in [3.63, 3.8) is 0 Å². The molecular weight excluding hydrogens is 311 g/mol. The molecule has 3 rings (SSSR count). The zero-order chi connectivity index (χ0) is 14.7. The second kappa shape index (κ2) is 5.04. The standard InChI is InChI=1S/C10H12N4O5S.Na.H/c1-10(5-13-3-2-11-12-13)8(9(16)17)14-6(15)4-7(14)20(10,18)19;;/h2-3,7-8H,4-5H2,1H3,(H,16,17);;/q;+1;-1/t7-,8+,10+;;/m1../s1. The summed E-state index contributed by atoms with van der Waals surface area (Å²) in [5.41, 5.74) is 0. The van der Waals surface area contributed by atoms with Crippen LogP contribution in [-0.2, 0) is 26.0 Å². The molecule has 9 nitrogen and oxygen atoms in total. The fraction of sp³-hybridized carbons (Fsp3) is 0.600. The van der Waals surface area contributed by atoms with Crippen LogP contribution >= 0.6 is 0 Å². The Labute approximate surface area is 144 Å². The summed E-state index contributed by atoms with van der Waals surface area (Å²) in [6.07, 6.45) is 2.68. The van der Waals surface area contributed by atoms with Crippen molar-refractivity contribution in [2.24, 2.45) is 0 Å². The number of carboxylic acid groups (broad SMARTS) is 1. The van der Waals surface area contributed by atoms with E-state index >= 15 is 0 Å². The Balaban J connectivity index is 0.00000121. The first-order valence-corrected chi connectivity index (χ1v) is 7.45. The molecule has 2 saturated heterocycles. The summed E-state index contributed by atoms with van der Waals surface area (Å²) in [6, 6.07) is -1.40. The number of aromatic nitrogens is 3. The smallest absolute Gasteiger partial charge is 1.00 e. The third-order valence-corrected chi connectivity index (χ3v) is 6.76. The molecule has 110 valence electrons. The Kier molecular flexibility index (Phi) is 3.94. The Morgan fingerprint density at radius 1 is 1.62 bits per heavy atom. The van der Waals surface area contributed by atoms with E-state index in [1.807, 2.05) is 0 Å². The molecule has 3 atom stereocenters. The summed E-state index contributed by atoms with van der Waals surface area (Å²) in [5, 5.41) is 15.6. The molecule has 0 bridgehead atoms. The number of aliphatic carboxylic acids is 1. The van der Waals surface area contributed by atoms with Crippen molar-refractivity contribution >= 4 is 21.7 Å². The summed E-state index contributed by atoms with van der Waals surface area (Å²) >= 11 is 0. The summed E-state index contributed by atoms with van der Waals surface area (Å²) < 4.78 is 24.7. The van der Waals surface area contributed by atoms with Crippen molar-refractivity contribution in [3.8, 4) is 0 Å². The van der Waals surface area contributed by atoms with Crippen molar-refractivity contribution in [2.45, 2.75) is 36.1 Å². The average Bonchev–Trinajstić information content (AvgIpc) is 2.87. The van der Waals surface area contributed by atoms with Crippen molar-refractivity contribution < 1.29 is 54.1 Å². The van der Waals surface area contributed by atoms with Gasteiger partial charge in [0.05, 0.1) is 19.2 Å². The SMILES string of the molecule is C[C@]1(Cn2ccnn2)[C@H](C(=O)O)N2C(=O)C[C@H]2S1(=O)=O.[H-].[Na+]. The van der Waals surface area contributed by atoms with Gasteiger partial charge in [-0.25, -0.2) is 13.2 Å². The van der Waals surface area contributed by atoms with Crippen LogP contribution in [0.1, 0.15) is 14.8 Å². The molecule has 0 spiro atoms. The van der Waals surface area contributed by atoms with Crippen molar-refractivity contribution in [1.29, 1.82) is 0 Å². The fourth-order valence-corrected chi connectivity index (χ4v) is 5.29. The minimum atomic E-state index is -3.80. The molecule has 1 amide bonds. The summed E-state index contributed by atoms with van der Waals surface area (Å²) in [4.78, 5) is 24.0. The summed E-state index contributed by atoms with van der Waals surface area (Å²) in [6.45, 7) is 1.18. The predicted octanol–water partition coefficient (Wildman–Crippen LogP) is -4.41. The van der Waals surface area contributed by atoms with Gasteiger partial charge in [-0.3, -0.25) is 9.48 Å². The number of hydrogen-bond acceptors (Lipinski definition) is 6. The third kappa shape index (κ3) is 2.04. The summed E-state index contributed by atoms with van der Waals surface area (Å²) in [7, 11) is -3.80. The van der Waals surface area contributed by atoms with Gasteiger partial charge in [0.15, 0.2) is 15.9 Å². The van der Waals surface area contributed by atoms with Crippen LogP contribution < -0.4 is 29.6 Å².